The zero-order valence-electron chi connectivity index (χ0n) is 7.36. The normalized spacial score (nSPS) is 18.2. The van der Waals surface area contributed by atoms with Gasteiger partial charge in [-0.3, -0.25) is 9.36 Å². The quantitative estimate of drug-likeness (QED) is 0.651. The molecule has 12 heavy (non-hydrogen) atoms. The van der Waals surface area contributed by atoms with Gasteiger partial charge in [-0.25, -0.2) is 0 Å². The molecule has 0 aromatic rings. The van der Waals surface area contributed by atoms with Gasteiger partial charge in [-0.15, -0.1) is 0 Å². The number of aliphatic carboxylic acids is 1. The summed E-state index contributed by atoms with van der Waals surface area (Å²) in [5.74, 6) is -1.01. The van der Waals surface area contributed by atoms with Crippen molar-refractivity contribution in [2.75, 3.05) is 6.16 Å². The zero-order valence-corrected chi connectivity index (χ0v) is 8.25. The first-order valence-electron chi connectivity index (χ1n) is 3.97. The molecule has 0 aromatic carbocycles. The third-order valence-electron chi connectivity index (χ3n) is 1.91. The topological polar surface area (TPSA) is 74.6 Å². The van der Waals surface area contributed by atoms with E-state index in [1.807, 2.05) is 0 Å². The lowest BCUT2D eigenvalue weighted by Crippen LogP contribution is -2.14. The second-order valence-corrected chi connectivity index (χ2v) is 5.61. The molecule has 4 nitrogen and oxygen atoms in total. The molecular weight excluding hydrogens is 179 g/mol. The van der Waals surface area contributed by atoms with E-state index in [9.17, 15) is 14.3 Å². The van der Waals surface area contributed by atoms with E-state index in [0.29, 0.717) is 6.42 Å². The summed E-state index contributed by atoms with van der Waals surface area (Å²) in [6.45, 7) is 3.33. The molecule has 2 N–H and O–H groups in total. The highest BCUT2D eigenvalue weighted by atomic mass is 31.2. The Kier molecular flexibility index (Phi) is 4.50. The van der Waals surface area contributed by atoms with Gasteiger partial charge < -0.3 is 10.00 Å². The fraction of sp³-hybridized carbons (Fsp3) is 0.857. The third kappa shape index (κ3) is 3.37. The van der Waals surface area contributed by atoms with Gasteiger partial charge in [0.05, 0.1) is 6.42 Å². The van der Waals surface area contributed by atoms with E-state index in [-0.39, 0.29) is 12.6 Å². The fourth-order valence-corrected chi connectivity index (χ4v) is 2.56. The molecular formula is C7H15O4P. The number of carbonyl (C=O) groups is 1. The molecule has 0 aliphatic carbocycles. The highest BCUT2D eigenvalue weighted by Crippen LogP contribution is 2.48. The lowest BCUT2D eigenvalue weighted by molar-refractivity contribution is -0.137. The number of rotatable bonds is 5. The van der Waals surface area contributed by atoms with Crippen LogP contribution >= 0.6 is 7.37 Å². The monoisotopic (exact) mass is 194 g/mol. The van der Waals surface area contributed by atoms with Crippen LogP contribution in [0.15, 0.2) is 0 Å². The van der Waals surface area contributed by atoms with Crippen molar-refractivity contribution >= 4 is 13.3 Å². The van der Waals surface area contributed by atoms with Crippen LogP contribution in [-0.2, 0) is 9.36 Å². The van der Waals surface area contributed by atoms with E-state index in [0.717, 1.165) is 0 Å². The van der Waals surface area contributed by atoms with E-state index >= 15 is 0 Å². The Morgan fingerprint density at radius 1 is 1.50 bits per heavy atom. The maximum absolute atomic E-state index is 11.3. The van der Waals surface area contributed by atoms with Crippen LogP contribution in [0.4, 0.5) is 0 Å². The van der Waals surface area contributed by atoms with E-state index in [1.54, 1.807) is 13.8 Å². The lowest BCUT2D eigenvalue weighted by Gasteiger charge is -2.18. The molecule has 0 saturated carbocycles. The van der Waals surface area contributed by atoms with Crippen molar-refractivity contribution in [1.29, 1.82) is 0 Å². The van der Waals surface area contributed by atoms with Crippen LogP contribution in [0.2, 0.25) is 0 Å². The summed E-state index contributed by atoms with van der Waals surface area (Å²) < 4.78 is 11.3. The van der Waals surface area contributed by atoms with Crippen LogP contribution in [0, 0.1) is 0 Å². The largest absolute Gasteiger partial charge is 0.481 e. The minimum absolute atomic E-state index is 0.152. The van der Waals surface area contributed by atoms with Gasteiger partial charge in [0.25, 0.3) is 0 Å². The highest BCUT2D eigenvalue weighted by Gasteiger charge is 2.29. The van der Waals surface area contributed by atoms with Crippen molar-refractivity contribution in [1.82, 2.24) is 0 Å². The Bertz CT molecular complexity index is 202. The van der Waals surface area contributed by atoms with E-state index in [1.165, 1.54) is 0 Å². The summed E-state index contributed by atoms with van der Waals surface area (Å²) in [5, 5.41) is 8.44. The van der Waals surface area contributed by atoms with Gasteiger partial charge in [-0.05, 0) is 6.42 Å². The maximum Gasteiger partial charge on any atom is 0.304 e. The minimum Gasteiger partial charge on any atom is -0.481 e. The van der Waals surface area contributed by atoms with Crippen LogP contribution in [-0.4, -0.2) is 27.8 Å². The predicted octanol–water partition coefficient (Wildman–Crippen LogP) is 1.53. The minimum atomic E-state index is -3.22. The van der Waals surface area contributed by atoms with Gasteiger partial charge in [0, 0.05) is 11.8 Å². The first-order chi connectivity index (χ1) is 5.44. The summed E-state index contributed by atoms with van der Waals surface area (Å²) in [6.07, 6.45) is 0.380. The second kappa shape index (κ2) is 4.63. The van der Waals surface area contributed by atoms with E-state index in [2.05, 4.69) is 0 Å². The van der Waals surface area contributed by atoms with Gasteiger partial charge in [0.15, 0.2) is 0 Å². The molecule has 0 radical (unpaired) electrons. The molecule has 72 valence electrons. The zero-order chi connectivity index (χ0) is 9.78. The predicted molar refractivity (Wildman–Crippen MR) is 46.7 cm³/mol. The van der Waals surface area contributed by atoms with E-state index in [4.69, 9.17) is 5.11 Å². The fourth-order valence-electron chi connectivity index (χ4n) is 1.03. The van der Waals surface area contributed by atoms with Gasteiger partial charge in [0.2, 0.25) is 7.37 Å². The van der Waals surface area contributed by atoms with Crippen molar-refractivity contribution in [3.05, 3.63) is 0 Å². The number of hydrogen-bond donors (Lipinski definition) is 2. The SMILES string of the molecule is CCC(CC(=O)O)P(=O)(O)CC. The summed E-state index contributed by atoms with van der Waals surface area (Å²) in [4.78, 5) is 19.6. The summed E-state index contributed by atoms with van der Waals surface area (Å²) in [6, 6.07) is 0. The maximum atomic E-state index is 11.3. The summed E-state index contributed by atoms with van der Waals surface area (Å²) in [7, 11) is -3.22. The van der Waals surface area contributed by atoms with Gasteiger partial charge >= 0.3 is 5.97 Å². The molecule has 0 heterocycles. The Hall–Kier alpha value is -0.340. The van der Waals surface area contributed by atoms with Crippen molar-refractivity contribution in [3.8, 4) is 0 Å². The molecule has 0 spiro atoms. The van der Waals surface area contributed by atoms with Crippen LogP contribution < -0.4 is 0 Å². The Labute approximate surface area is 72.1 Å². The summed E-state index contributed by atoms with van der Waals surface area (Å²) in [5.41, 5.74) is -0.583. The molecule has 0 rings (SSSR count). The van der Waals surface area contributed by atoms with Crippen molar-refractivity contribution in [2.24, 2.45) is 0 Å². The molecule has 2 atom stereocenters. The highest BCUT2D eigenvalue weighted by molar-refractivity contribution is 7.58. The first kappa shape index (κ1) is 11.7. The lowest BCUT2D eigenvalue weighted by atomic mass is 10.2. The Morgan fingerprint density at radius 3 is 2.25 bits per heavy atom. The van der Waals surface area contributed by atoms with Crippen LogP contribution in [0.25, 0.3) is 0 Å². The standard InChI is InChI=1S/C7H15O4P/c1-3-6(5-7(8)9)12(10,11)4-2/h6H,3-5H2,1-2H3,(H,8,9)(H,10,11). The number of carboxylic acid groups (broad SMARTS) is 1. The number of carboxylic acids is 1. The molecule has 5 heteroatoms. The third-order valence-corrected chi connectivity index (χ3v) is 4.50. The first-order valence-corrected chi connectivity index (χ1v) is 5.88. The molecule has 0 fully saturated rings. The molecule has 0 aliphatic heterocycles. The average Bonchev–Trinajstić information content (AvgIpc) is 1.99. The van der Waals surface area contributed by atoms with Crippen LogP contribution in [0.1, 0.15) is 26.7 Å². The Balaban J connectivity index is 4.34. The van der Waals surface area contributed by atoms with Crippen molar-refractivity contribution in [3.63, 3.8) is 0 Å². The van der Waals surface area contributed by atoms with Crippen molar-refractivity contribution < 1.29 is 19.4 Å². The average molecular weight is 194 g/mol. The van der Waals surface area contributed by atoms with Crippen LogP contribution in [0.3, 0.4) is 0 Å². The number of hydrogen-bond acceptors (Lipinski definition) is 2. The smallest absolute Gasteiger partial charge is 0.304 e. The van der Waals surface area contributed by atoms with E-state index < -0.39 is 19.0 Å². The van der Waals surface area contributed by atoms with Gasteiger partial charge in [-0.1, -0.05) is 13.8 Å². The molecule has 2 unspecified atom stereocenters. The van der Waals surface area contributed by atoms with Crippen LogP contribution in [0.5, 0.6) is 0 Å². The molecule has 0 aromatic heterocycles. The molecule has 0 amide bonds. The molecule has 0 saturated heterocycles. The second-order valence-electron chi connectivity index (χ2n) is 2.73. The summed E-state index contributed by atoms with van der Waals surface area (Å²) >= 11 is 0. The Morgan fingerprint density at radius 2 is 2.00 bits per heavy atom. The van der Waals surface area contributed by atoms with Gasteiger partial charge in [0.1, 0.15) is 0 Å². The van der Waals surface area contributed by atoms with Gasteiger partial charge in [-0.2, -0.15) is 0 Å². The molecule has 0 aliphatic rings. The van der Waals surface area contributed by atoms with Crippen molar-refractivity contribution in [2.45, 2.75) is 32.3 Å². The molecule has 0 bridgehead atoms.